The van der Waals surface area contributed by atoms with E-state index in [1.54, 1.807) is 27.7 Å². The quantitative estimate of drug-likeness (QED) is 0.507. The van der Waals surface area contributed by atoms with Crippen molar-refractivity contribution >= 4 is 39.1 Å². The van der Waals surface area contributed by atoms with Crippen molar-refractivity contribution in [3.05, 3.63) is 50.6 Å². The Hall–Kier alpha value is -2.12. The van der Waals surface area contributed by atoms with Crippen molar-refractivity contribution < 1.29 is 0 Å². The molecule has 3 aromatic heterocycles. The van der Waals surface area contributed by atoms with Gasteiger partial charge in [0, 0.05) is 4.88 Å². The third-order valence-electron chi connectivity index (χ3n) is 4.81. The molecular weight excluding hydrogens is 352 g/mol. The van der Waals surface area contributed by atoms with Gasteiger partial charge in [0.15, 0.2) is 5.16 Å². The number of hydrogen-bond donors (Lipinski definition) is 0. The minimum Gasteiger partial charge on any atom is -0.268 e. The number of thiophene rings is 1. The van der Waals surface area contributed by atoms with Crippen molar-refractivity contribution in [2.45, 2.75) is 31.3 Å². The van der Waals surface area contributed by atoms with Crippen LogP contribution in [0.5, 0.6) is 0 Å². The fraction of sp³-hybridized carbons (Fsp3) is 0.278. The van der Waals surface area contributed by atoms with Crippen molar-refractivity contribution in [3.8, 4) is 5.69 Å². The average molecular weight is 368 g/mol. The third-order valence-corrected chi connectivity index (χ3v) is 6.72. The highest BCUT2D eigenvalue weighted by molar-refractivity contribution is 7.98. The number of aromatic nitrogens is 4. The molecule has 1 aromatic carbocycles. The van der Waals surface area contributed by atoms with Crippen LogP contribution in [0.15, 0.2) is 34.2 Å². The first-order valence-electron chi connectivity index (χ1n) is 8.24. The van der Waals surface area contributed by atoms with E-state index in [0.717, 1.165) is 45.9 Å². The predicted octanol–water partition coefficient (Wildman–Crippen LogP) is 3.61. The highest BCUT2D eigenvalue weighted by atomic mass is 32.2. The standard InChI is InChI=1S/C18H16N4OS2/c1-10-6-8-11(9-7-10)21-15(23)14-12-4-3-5-13(12)25-16(14)22-17(21)19-20-18(22)24-2/h6-9H,3-5H2,1-2H3. The largest absolute Gasteiger partial charge is 0.268 e. The Bertz CT molecular complexity index is 1180. The molecule has 0 radical (unpaired) electrons. The summed E-state index contributed by atoms with van der Waals surface area (Å²) >= 11 is 3.28. The first-order valence-corrected chi connectivity index (χ1v) is 10.3. The zero-order chi connectivity index (χ0) is 17.1. The lowest BCUT2D eigenvalue weighted by Crippen LogP contribution is -2.21. The third kappa shape index (κ3) is 2.05. The van der Waals surface area contributed by atoms with Crippen molar-refractivity contribution in [2.24, 2.45) is 0 Å². The second-order valence-corrected chi connectivity index (χ2v) is 8.19. The average Bonchev–Trinajstić information content (AvgIpc) is 3.29. The van der Waals surface area contributed by atoms with Gasteiger partial charge in [-0.2, -0.15) is 0 Å². The summed E-state index contributed by atoms with van der Waals surface area (Å²) in [6.07, 6.45) is 5.18. The molecule has 0 unspecified atom stereocenters. The maximum Gasteiger partial charge on any atom is 0.268 e. The van der Waals surface area contributed by atoms with Crippen LogP contribution in [0.25, 0.3) is 21.7 Å². The van der Waals surface area contributed by atoms with Gasteiger partial charge in [-0.25, -0.2) is 8.97 Å². The summed E-state index contributed by atoms with van der Waals surface area (Å²) in [5.74, 6) is 0.589. The topological polar surface area (TPSA) is 52.2 Å². The maximum absolute atomic E-state index is 13.4. The normalized spacial score (nSPS) is 13.8. The fourth-order valence-corrected chi connectivity index (χ4v) is 5.53. The van der Waals surface area contributed by atoms with E-state index in [4.69, 9.17) is 0 Å². The molecule has 126 valence electrons. The Balaban J connectivity index is 1.99. The van der Waals surface area contributed by atoms with Gasteiger partial charge in [0.05, 0.1) is 11.1 Å². The minimum absolute atomic E-state index is 0.0193. The van der Waals surface area contributed by atoms with Gasteiger partial charge < -0.3 is 0 Å². The second-order valence-electron chi connectivity index (χ2n) is 6.34. The monoisotopic (exact) mass is 368 g/mol. The fourth-order valence-electron chi connectivity index (χ4n) is 3.61. The van der Waals surface area contributed by atoms with Crippen LogP contribution in [0.4, 0.5) is 0 Å². The van der Waals surface area contributed by atoms with Crippen LogP contribution in [0.2, 0.25) is 0 Å². The second kappa shape index (κ2) is 5.44. The summed E-state index contributed by atoms with van der Waals surface area (Å²) in [6, 6.07) is 7.99. The van der Waals surface area contributed by atoms with Crippen LogP contribution in [0.1, 0.15) is 22.4 Å². The molecule has 1 aliphatic carbocycles. The Kier molecular flexibility index (Phi) is 3.30. The molecule has 0 saturated carbocycles. The lowest BCUT2D eigenvalue weighted by molar-refractivity contribution is 0.910. The molecule has 7 heteroatoms. The van der Waals surface area contributed by atoms with Gasteiger partial charge >= 0.3 is 0 Å². The summed E-state index contributed by atoms with van der Waals surface area (Å²) in [7, 11) is 0. The molecule has 0 atom stereocenters. The van der Waals surface area contributed by atoms with Crippen molar-refractivity contribution in [2.75, 3.05) is 6.26 Å². The molecule has 25 heavy (non-hydrogen) atoms. The Morgan fingerprint density at radius 2 is 1.96 bits per heavy atom. The molecule has 0 amide bonds. The van der Waals surface area contributed by atoms with E-state index in [-0.39, 0.29) is 5.56 Å². The van der Waals surface area contributed by atoms with Gasteiger partial charge in [-0.1, -0.05) is 29.5 Å². The Labute approximate surface area is 152 Å². The number of rotatable bonds is 2. The van der Waals surface area contributed by atoms with Crippen LogP contribution in [-0.2, 0) is 12.8 Å². The van der Waals surface area contributed by atoms with E-state index in [0.29, 0.717) is 5.78 Å². The summed E-state index contributed by atoms with van der Waals surface area (Å²) < 4.78 is 3.75. The highest BCUT2D eigenvalue weighted by Gasteiger charge is 2.25. The van der Waals surface area contributed by atoms with E-state index in [2.05, 4.69) is 10.2 Å². The van der Waals surface area contributed by atoms with Gasteiger partial charge in [-0.15, -0.1) is 21.5 Å². The molecule has 0 spiro atoms. The molecule has 0 fully saturated rings. The zero-order valence-electron chi connectivity index (χ0n) is 13.9. The highest BCUT2D eigenvalue weighted by Crippen LogP contribution is 2.37. The summed E-state index contributed by atoms with van der Waals surface area (Å²) in [4.78, 5) is 15.8. The summed E-state index contributed by atoms with van der Waals surface area (Å²) in [6.45, 7) is 2.04. The molecule has 3 heterocycles. The molecule has 0 N–H and O–H groups in total. The molecule has 0 saturated heterocycles. The first kappa shape index (κ1) is 15.2. The smallest absolute Gasteiger partial charge is 0.268 e. The summed E-state index contributed by atoms with van der Waals surface area (Å²) in [5.41, 5.74) is 3.25. The Morgan fingerprint density at radius 1 is 1.16 bits per heavy atom. The number of fused-ring (bicyclic) bond motifs is 5. The van der Waals surface area contributed by atoms with E-state index in [1.165, 1.54) is 10.4 Å². The van der Waals surface area contributed by atoms with E-state index in [9.17, 15) is 4.79 Å². The van der Waals surface area contributed by atoms with Crippen LogP contribution < -0.4 is 5.56 Å². The van der Waals surface area contributed by atoms with Gasteiger partial charge in [-0.05, 0) is 50.1 Å². The van der Waals surface area contributed by atoms with Gasteiger partial charge in [0.1, 0.15) is 4.83 Å². The SMILES string of the molecule is CSc1nnc2n(-c3ccc(C)cc3)c(=O)c3c4c(sc3n12)CCC4. The maximum atomic E-state index is 13.4. The first-order chi connectivity index (χ1) is 12.2. The number of nitrogens with zero attached hydrogens (tertiary/aromatic N) is 4. The number of aryl methyl sites for hydroxylation is 3. The molecule has 0 aliphatic heterocycles. The van der Waals surface area contributed by atoms with Gasteiger partial charge in [0.25, 0.3) is 5.56 Å². The van der Waals surface area contributed by atoms with Crippen molar-refractivity contribution in [1.29, 1.82) is 0 Å². The lowest BCUT2D eigenvalue weighted by Gasteiger charge is -2.10. The zero-order valence-corrected chi connectivity index (χ0v) is 15.6. The van der Waals surface area contributed by atoms with Crippen LogP contribution in [0.3, 0.4) is 0 Å². The predicted molar refractivity (Wildman–Crippen MR) is 103 cm³/mol. The van der Waals surface area contributed by atoms with Crippen molar-refractivity contribution in [3.63, 3.8) is 0 Å². The minimum atomic E-state index is 0.0193. The van der Waals surface area contributed by atoms with E-state index < -0.39 is 0 Å². The number of thioether (sulfide) groups is 1. The Morgan fingerprint density at radius 3 is 2.72 bits per heavy atom. The molecule has 4 aromatic rings. The van der Waals surface area contributed by atoms with Crippen LogP contribution in [-0.4, -0.2) is 25.4 Å². The molecular formula is C18H16N4OS2. The van der Waals surface area contributed by atoms with Crippen LogP contribution >= 0.6 is 23.1 Å². The molecule has 0 bridgehead atoms. The number of benzene rings is 1. The van der Waals surface area contributed by atoms with Crippen LogP contribution in [0, 0.1) is 6.92 Å². The summed E-state index contributed by atoms with van der Waals surface area (Å²) in [5, 5.41) is 10.3. The molecule has 5 rings (SSSR count). The van der Waals surface area contributed by atoms with Gasteiger partial charge in [0.2, 0.25) is 5.78 Å². The lowest BCUT2D eigenvalue weighted by atomic mass is 10.2. The van der Waals surface area contributed by atoms with Gasteiger partial charge in [-0.3, -0.25) is 4.79 Å². The molecule has 5 nitrogen and oxygen atoms in total. The van der Waals surface area contributed by atoms with E-state index in [1.807, 2.05) is 41.8 Å². The number of hydrogen-bond acceptors (Lipinski definition) is 5. The van der Waals surface area contributed by atoms with Crippen molar-refractivity contribution in [1.82, 2.24) is 19.2 Å². The van der Waals surface area contributed by atoms with E-state index >= 15 is 0 Å². The molecule has 1 aliphatic rings.